The van der Waals surface area contributed by atoms with Crippen LogP contribution in [0, 0.1) is 0 Å². The lowest BCUT2D eigenvalue weighted by atomic mass is 10.2. The molecule has 0 N–H and O–H groups in total. The number of fused-ring (bicyclic) bond motifs is 3. The van der Waals surface area contributed by atoms with Crippen molar-refractivity contribution in [2.24, 2.45) is 0 Å². The van der Waals surface area contributed by atoms with Crippen LogP contribution in [-0.2, 0) is 4.79 Å². The number of nitrogens with zero attached hydrogens (tertiary/aromatic N) is 3. The van der Waals surface area contributed by atoms with E-state index in [1.807, 2.05) is 31.3 Å². The summed E-state index contributed by atoms with van der Waals surface area (Å²) in [5, 5.41) is 1.68. The first-order valence-electron chi connectivity index (χ1n) is 7.69. The summed E-state index contributed by atoms with van der Waals surface area (Å²) in [5.74, 6) is 0.454. The molecule has 3 aromatic rings. The molecule has 0 fully saturated rings. The van der Waals surface area contributed by atoms with Gasteiger partial charge in [0, 0.05) is 19.0 Å². The maximum Gasteiger partial charge on any atom is 0.232 e. The smallest absolute Gasteiger partial charge is 0.232 e. The Hall–Kier alpha value is -2.08. The molecule has 6 heteroatoms. The van der Waals surface area contributed by atoms with E-state index in [-0.39, 0.29) is 5.91 Å². The van der Waals surface area contributed by atoms with E-state index in [0.717, 1.165) is 35.9 Å². The topological polar surface area (TPSA) is 59.2 Å². The van der Waals surface area contributed by atoms with Crippen LogP contribution in [0.1, 0.15) is 19.8 Å². The van der Waals surface area contributed by atoms with Crippen LogP contribution in [0.2, 0.25) is 0 Å². The van der Waals surface area contributed by atoms with Crippen LogP contribution in [0.4, 0.5) is 0 Å². The molecule has 1 aromatic carbocycles. The highest BCUT2D eigenvalue weighted by Gasteiger charge is 2.15. The van der Waals surface area contributed by atoms with Gasteiger partial charge in [-0.1, -0.05) is 37.2 Å². The van der Waals surface area contributed by atoms with E-state index in [4.69, 9.17) is 4.42 Å². The van der Waals surface area contributed by atoms with E-state index in [0.29, 0.717) is 16.4 Å². The zero-order chi connectivity index (χ0) is 16.2. The third-order valence-corrected chi connectivity index (χ3v) is 4.69. The Kier molecular flexibility index (Phi) is 4.81. The van der Waals surface area contributed by atoms with E-state index in [1.165, 1.54) is 18.1 Å². The molecule has 1 amide bonds. The Morgan fingerprint density at radius 2 is 2.13 bits per heavy atom. The van der Waals surface area contributed by atoms with E-state index in [9.17, 15) is 4.79 Å². The van der Waals surface area contributed by atoms with Crippen LogP contribution < -0.4 is 0 Å². The number of rotatable bonds is 6. The number of furan rings is 1. The zero-order valence-electron chi connectivity index (χ0n) is 13.3. The second-order valence-corrected chi connectivity index (χ2v) is 6.38. The van der Waals surface area contributed by atoms with Gasteiger partial charge >= 0.3 is 0 Å². The van der Waals surface area contributed by atoms with Gasteiger partial charge in [0.15, 0.2) is 5.58 Å². The first-order valence-corrected chi connectivity index (χ1v) is 8.68. The van der Waals surface area contributed by atoms with Gasteiger partial charge in [-0.2, -0.15) is 0 Å². The van der Waals surface area contributed by atoms with Gasteiger partial charge in [-0.25, -0.2) is 9.97 Å². The molecule has 5 nitrogen and oxygen atoms in total. The Labute approximate surface area is 139 Å². The van der Waals surface area contributed by atoms with Crippen molar-refractivity contribution in [1.82, 2.24) is 14.9 Å². The highest BCUT2D eigenvalue weighted by molar-refractivity contribution is 8.00. The average Bonchev–Trinajstić information content (AvgIpc) is 2.96. The summed E-state index contributed by atoms with van der Waals surface area (Å²) in [7, 11) is 1.84. The second-order valence-electron chi connectivity index (χ2n) is 5.41. The second kappa shape index (κ2) is 7.00. The van der Waals surface area contributed by atoms with Crippen LogP contribution in [0.5, 0.6) is 0 Å². The summed E-state index contributed by atoms with van der Waals surface area (Å²) in [5.41, 5.74) is 2.24. The van der Waals surface area contributed by atoms with E-state index < -0.39 is 0 Å². The van der Waals surface area contributed by atoms with Gasteiger partial charge < -0.3 is 9.32 Å². The molecule has 0 saturated heterocycles. The Morgan fingerprint density at radius 3 is 2.96 bits per heavy atom. The fraction of sp³-hybridized carbons (Fsp3) is 0.353. The number of hydrogen-bond acceptors (Lipinski definition) is 5. The Bertz CT molecular complexity index is 831. The fourth-order valence-corrected chi connectivity index (χ4v) is 3.24. The van der Waals surface area contributed by atoms with Crippen molar-refractivity contribution in [2.75, 3.05) is 19.3 Å². The predicted molar refractivity (Wildman–Crippen MR) is 92.6 cm³/mol. The predicted octanol–water partition coefficient (Wildman–Crippen LogP) is 3.73. The largest absolute Gasteiger partial charge is 0.451 e. The molecule has 120 valence electrons. The number of benzene rings is 1. The lowest BCUT2D eigenvalue weighted by Gasteiger charge is -2.16. The van der Waals surface area contributed by atoms with Crippen molar-refractivity contribution in [1.29, 1.82) is 0 Å². The molecule has 0 saturated carbocycles. The van der Waals surface area contributed by atoms with Gasteiger partial charge in [0.05, 0.1) is 5.75 Å². The number of carbonyl (C=O) groups excluding carboxylic acids is 1. The van der Waals surface area contributed by atoms with Gasteiger partial charge in [0.2, 0.25) is 5.91 Å². The number of aromatic nitrogens is 2. The van der Waals surface area contributed by atoms with Gasteiger partial charge in [-0.05, 0) is 18.6 Å². The maximum atomic E-state index is 12.2. The standard InChI is InChI=1S/C17H19N3O2S/c1-3-4-9-20(2)14(21)10-23-17-16-15(18-11-19-17)12-7-5-6-8-13(12)22-16/h5-8,11H,3-4,9-10H2,1-2H3. The molecular weight excluding hydrogens is 310 g/mol. The molecule has 0 radical (unpaired) electrons. The summed E-state index contributed by atoms with van der Waals surface area (Å²) < 4.78 is 5.87. The average molecular weight is 329 g/mol. The molecule has 0 spiro atoms. The summed E-state index contributed by atoms with van der Waals surface area (Å²) in [6, 6.07) is 7.77. The van der Waals surface area contributed by atoms with Crippen molar-refractivity contribution in [2.45, 2.75) is 24.8 Å². The number of amides is 1. The SMILES string of the molecule is CCCCN(C)C(=O)CSc1ncnc2c1oc1ccccc12. The number of thioether (sulfide) groups is 1. The van der Waals surface area contributed by atoms with Crippen molar-refractivity contribution in [3.8, 4) is 0 Å². The molecule has 2 aromatic heterocycles. The molecule has 0 bridgehead atoms. The Balaban J connectivity index is 1.79. The third kappa shape index (κ3) is 3.32. The van der Waals surface area contributed by atoms with E-state index in [1.54, 1.807) is 4.90 Å². The minimum absolute atomic E-state index is 0.103. The first kappa shape index (κ1) is 15.8. The molecular formula is C17H19N3O2S. The number of para-hydroxylation sites is 1. The number of hydrogen-bond donors (Lipinski definition) is 0. The quantitative estimate of drug-likeness (QED) is 0.509. The van der Waals surface area contributed by atoms with Gasteiger partial charge in [-0.15, -0.1) is 0 Å². The van der Waals surface area contributed by atoms with Crippen LogP contribution in [-0.4, -0.2) is 40.1 Å². The van der Waals surface area contributed by atoms with Crippen LogP contribution in [0.15, 0.2) is 40.0 Å². The highest BCUT2D eigenvalue weighted by atomic mass is 32.2. The molecule has 2 heterocycles. The molecule has 0 aliphatic rings. The normalized spacial score (nSPS) is 11.2. The molecule has 3 rings (SSSR count). The highest BCUT2D eigenvalue weighted by Crippen LogP contribution is 2.32. The lowest BCUT2D eigenvalue weighted by molar-refractivity contribution is -0.127. The molecule has 0 unspecified atom stereocenters. The van der Waals surface area contributed by atoms with Crippen molar-refractivity contribution < 1.29 is 9.21 Å². The molecule has 23 heavy (non-hydrogen) atoms. The van der Waals surface area contributed by atoms with Gasteiger partial charge in [-0.3, -0.25) is 4.79 Å². The summed E-state index contributed by atoms with van der Waals surface area (Å²) in [4.78, 5) is 22.5. The summed E-state index contributed by atoms with van der Waals surface area (Å²) >= 11 is 1.40. The summed E-state index contributed by atoms with van der Waals surface area (Å²) in [6.07, 6.45) is 3.63. The van der Waals surface area contributed by atoms with Gasteiger partial charge in [0.1, 0.15) is 22.5 Å². The van der Waals surface area contributed by atoms with E-state index in [2.05, 4.69) is 16.9 Å². The number of carbonyl (C=O) groups is 1. The molecule has 0 aliphatic heterocycles. The van der Waals surface area contributed by atoms with Crippen LogP contribution >= 0.6 is 11.8 Å². The van der Waals surface area contributed by atoms with Crippen molar-refractivity contribution in [3.05, 3.63) is 30.6 Å². The first-order chi connectivity index (χ1) is 11.2. The Morgan fingerprint density at radius 1 is 1.30 bits per heavy atom. The number of unbranched alkanes of at least 4 members (excludes halogenated alkanes) is 1. The van der Waals surface area contributed by atoms with Crippen molar-refractivity contribution >= 4 is 39.7 Å². The van der Waals surface area contributed by atoms with Crippen LogP contribution in [0.3, 0.4) is 0 Å². The van der Waals surface area contributed by atoms with Crippen molar-refractivity contribution in [3.63, 3.8) is 0 Å². The zero-order valence-corrected chi connectivity index (χ0v) is 14.1. The third-order valence-electron chi connectivity index (χ3n) is 3.73. The summed E-state index contributed by atoms with van der Waals surface area (Å²) in [6.45, 7) is 2.91. The van der Waals surface area contributed by atoms with E-state index >= 15 is 0 Å². The monoisotopic (exact) mass is 329 g/mol. The fourth-order valence-electron chi connectivity index (χ4n) is 2.37. The minimum atomic E-state index is 0.103. The lowest BCUT2D eigenvalue weighted by Crippen LogP contribution is -2.29. The van der Waals surface area contributed by atoms with Gasteiger partial charge in [0.25, 0.3) is 0 Å². The molecule has 0 aliphatic carbocycles. The minimum Gasteiger partial charge on any atom is -0.451 e. The maximum absolute atomic E-state index is 12.2. The van der Waals surface area contributed by atoms with Crippen LogP contribution in [0.25, 0.3) is 22.1 Å². The molecule has 0 atom stereocenters.